The SMILES string of the molecule is Cc1cc(C)cc(C(=O)NCCI)c1. The number of hydrogen-bond acceptors (Lipinski definition) is 1. The van der Waals surface area contributed by atoms with Crippen LogP contribution in [-0.4, -0.2) is 16.9 Å². The van der Waals surface area contributed by atoms with Gasteiger partial charge in [-0.15, -0.1) is 0 Å². The van der Waals surface area contributed by atoms with Crippen LogP contribution in [0.1, 0.15) is 21.5 Å². The van der Waals surface area contributed by atoms with Crippen LogP contribution in [0.2, 0.25) is 0 Å². The van der Waals surface area contributed by atoms with Crippen LogP contribution >= 0.6 is 22.6 Å². The number of rotatable bonds is 3. The molecule has 1 N–H and O–H groups in total. The number of amides is 1. The Morgan fingerprint density at radius 3 is 2.36 bits per heavy atom. The fourth-order valence-electron chi connectivity index (χ4n) is 1.37. The van der Waals surface area contributed by atoms with Crippen molar-refractivity contribution >= 4 is 28.5 Å². The topological polar surface area (TPSA) is 29.1 Å². The second-order valence-corrected chi connectivity index (χ2v) is 4.40. The molecule has 1 aromatic rings. The van der Waals surface area contributed by atoms with E-state index in [0.717, 1.165) is 27.7 Å². The van der Waals surface area contributed by atoms with E-state index in [1.165, 1.54) is 0 Å². The summed E-state index contributed by atoms with van der Waals surface area (Å²) >= 11 is 2.24. The van der Waals surface area contributed by atoms with Crippen LogP contribution in [0.5, 0.6) is 0 Å². The summed E-state index contributed by atoms with van der Waals surface area (Å²) in [5.41, 5.74) is 3.02. The molecule has 0 unspecified atom stereocenters. The Bertz CT molecular complexity index is 316. The van der Waals surface area contributed by atoms with Gasteiger partial charge in [0.2, 0.25) is 0 Å². The molecule has 0 radical (unpaired) electrons. The summed E-state index contributed by atoms with van der Waals surface area (Å²) < 4.78 is 0.939. The molecule has 1 rings (SSSR count). The smallest absolute Gasteiger partial charge is 0.251 e. The Morgan fingerprint density at radius 2 is 1.86 bits per heavy atom. The molecule has 76 valence electrons. The molecule has 0 saturated carbocycles. The third-order valence-corrected chi connectivity index (χ3v) is 2.40. The minimum Gasteiger partial charge on any atom is -0.351 e. The first-order chi connectivity index (χ1) is 6.63. The van der Waals surface area contributed by atoms with Crippen molar-refractivity contribution in [1.29, 1.82) is 0 Å². The van der Waals surface area contributed by atoms with Gasteiger partial charge in [0.15, 0.2) is 0 Å². The molecule has 0 aliphatic carbocycles. The normalized spacial score (nSPS) is 9.93. The molecule has 3 heteroatoms. The number of aryl methyl sites for hydroxylation is 2. The lowest BCUT2D eigenvalue weighted by molar-refractivity contribution is 0.0956. The van der Waals surface area contributed by atoms with Crippen LogP contribution in [0.4, 0.5) is 0 Å². The van der Waals surface area contributed by atoms with Crippen LogP contribution in [-0.2, 0) is 0 Å². The van der Waals surface area contributed by atoms with Crippen LogP contribution in [0.3, 0.4) is 0 Å². The highest BCUT2D eigenvalue weighted by Gasteiger charge is 2.04. The Labute approximate surface area is 98.2 Å². The molecule has 0 bridgehead atoms. The van der Waals surface area contributed by atoms with Crippen LogP contribution < -0.4 is 5.32 Å². The van der Waals surface area contributed by atoms with Gasteiger partial charge in [0.25, 0.3) is 5.91 Å². The maximum Gasteiger partial charge on any atom is 0.251 e. The van der Waals surface area contributed by atoms with E-state index in [0.29, 0.717) is 0 Å². The van der Waals surface area contributed by atoms with Crippen LogP contribution in [0, 0.1) is 13.8 Å². The second kappa shape index (κ2) is 5.34. The van der Waals surface area contributed by atoms with Gasteiger partial charge < -0.3 is 5.32 Å². The number of halogens is 1. The molecule has 0 aromatic heterocycles. The predicted octanol–water partition coefficient (Wildman–Crippen LogP) is 2.47. The molecule has 0 aliphatic rings. The first-order valence-corrected chi connectivity index (χ1v) is 6.08. The van der Waals surface area contributed by atoms with Crippen molar-refractivity contribution in [3.63, 3.8) is 0 Å². The number of carbonyl (C=O) groups excluding carboxylic acids is 1. The second-order valence-electron chi connectivity index (χ2n) is 3.32. The summed E-state index contributed by atoms with van der Waals surface area (Å²) in [5, 5.41) is 2.86. The maximum atomic E-state index is 11.6. The summed E-state index contributed by atoms with van der Waals surface area (Å²) in [7, 11) is 0. The predicted molar refractivity (Wildman–Crippen MR) is 67.1 cm³/mol. The zero-order valence-corrected chi connectivity index (χ0v) is 10.6. The summed E-state index contributed by atoms with van der Waals surface area (Å²) in [6.07, 6.45) is 0. The Morgan fingerprint density at radius 1 is 1.29 bits per heavy atom. The van der Waals surface area contributed by atoms with E-state index < -0.39 is 0 Å². The van der Waals surface area contributed by atoms with Crippen molar-refractivity contribution in [2.45, 2.75) is 13.8 Å². The quantitative estimate of drug-likeness (QED) is 0.674. The van der Waals surface area contributed by atoms with E-state index in [-0.39, 0.29) is 5.91 Å². The van der Waals surface area contributed by atoms with Gasteiger partial charge in [-0.1, -0.05) is 39.8 Å². The van der Waals surface area contributed by atoms with E-state index in [9.17, 15) is 4.79 Å². The van der Waals surface area contributed by atoms with Gasteiger partial charge in [0.05, 0.1) is 0 Å². The fourth-order valence-corrected chi connectivity index (χ4v) is 1.64. The van der Waals surface area contributed by atoms with Gasteiger partial charge in [0.1, 0.15) is 0 Å². The summed E-state index contributed by atoms with van der Waals surface area (Å²) in [5.74, 6) is 0.0217. The Balaban J connectivity index is 2.79. The minimum atomic E-state index is 0.0217. The van der Waals surface area contributed by atoms with Crippen molar-refractivity contribution in [2.75, 3.05) is 11.0 Å². The molecule has 1 aromatic carbocycles. The third kappa shape index (κ3) is 3.29. The first kappa shape index (κ1) is 11.5. The Hall–Kier alpha value is -0.580. The highest BCUT2D eigenvalue weighted by molar-refractivity contribution is 14.1. The van der Waals surface area contributed by atoms with Crippen molar-refractivity contribution in [3.8, 4) is 0 Å². The fraction of sp³-hybridized carbons (Fsp3) is 0.364. The van der Waals surface area contributed by atoms with Gasteiger partial charge in [-0.2, -0.15) is 0 Å². The van der Waals surface area contributed by atoms with Gasteiger partial charge in [0, 0.05) is 16.5 Å². The molecular weight excluding hydrogens is 289 g/mol. The average molecular weight is 303 g/mol. The zero-order chi connectivity index (χ0) is 10.6. The number of carbonyl (C=O) groups is 1. The minimum absolute atomic E-state index is 0.0217. The maximum absolute atomic E-state index is 11.6. The third-order valence-electron chi connectivity index (χ3n) is 1.86. The van der Waals surface area contributed by atoms with Gasteiger partial charge in [-0.3, -0.25) is 4.79 Å². The highest BCUT2D eigenvalue weighted by atomic mass is 127. The molecule has 14 heavy (non-hydrogen) atoms. The van der Waals surface area contributed by atoms with Gasteiger partial charge in [-0.05, 0) is 26.0 Å². The van der Waals surface area contributed by atoms with E-state index in [1.807, 2.05) is 26.0 Å². The van der Waals surface area contributed by atoms with Crippen LogP contribution in [0.15, 0.2) is 18.2 Å². The van der Waals surface area contributed by atoms with E-state index in [1.54, 1.807) is 0 Å². The van der Waals surface area contributed by atoms with Crippen molar-refractivity contribution < 1.29 is 4.79 Å². The van der Waals surface area contributed by atoms with E-state index in [4.69, 9.17) is 0 Å². The largest absolute Gasteiger partial charge is 0.351 e. The molecule has 1 amide bonds. The lowest BCUT2D eigenvalue weighted by atomic mass is 10.1. The lowest BCUT2D eigenvalue weighted by Crippen LogP contribution is -2.25. The number of alkyl halides is 1. The van der Waals surface area contributed by atoms with Crippen molar-refractivity contribution in [3.05, 3.63) is 34.9 Å². The summed E-state index contributed by atoms with van der Waals surface area (Å²) in [6.45, 7) is 4.73. The molecule has 0 atom stereocenters. The molecule has 2 nitrogen and oxygen atoms in total. The van der Waals surface area contributed by atoms with E-state index >= 15 is 0 Å². The molecule has 0 fully saturated rings. The molecule has 0 heterocycles. The Kier molecular flexibility index (Phi) is 4.38. The number of benzene rings is 1. The van der Waals surface area contributed by atoms with Gasteiger partial charge >= 0.3 is 0 Å². The van der Waals surface area contributed by atoms with Crippen molar-refractivity contribution in [1.82, 2.24) is 5.32 Å². The molecular formula is C11H14INO. The summed E-state index contributed by atoms with van der Waals surface area (Å²) in [4.78, 5) is 11.6. The summed E-state index contributed by atoms with van der Waals surface area (Å²) in [6, 6.07) is 5.89. The monoisotopic (exact) mass is 303 g/mol. The average Bonchev–Trinajstić information content (AvgIpc) is 2.12. The molecule has 0 saturated heterocycles. The van der Waals surface area contributed by atoms with E-state index in [2.05, 4.69) is 34.0 Å². The van der Waals surface area contributed by atoms with Crippen LogP contribution in [0.25, 0.3) is 0 Å². The first-order valence-electron chi connectivity index (χ1n) is 4.56. The highest BCUT2D eigenvalue weighted by Crippen LogP contribution is 2.08. The molecule has 0 spiro atoms. The lowest BCUT2D eigenvalue weighted by Gasteiger charge is -2.05. The molecule has 0 aliphatic heterocycles. The zero-order valence-electron chi connectivity index (χ0n) is 8.43. The standard InChI is InChI=1S/C11H14INO/c1-8-5-9(2)7-10(6-8)11(14)13-4-3-12/h5-7H,3-4H2,1-2H3,(H,13,14). The number of hydrogen-bond donors (Lipinski definition) is 1. The van der Waals surface area contributed by atoms with Crippen molar-refractivity contribution in [2.24, 2.45) is 0 Å². The number of nitrogens with one attached hydrogen (secondary N) is 1. The van der Waals surface area contributed by atoms with Gasteiger partial charge in [-0.25, -0.2) is 0 Å².